The van der Waals surface area contributed by atoms with E-state index in [1.54, 1.807) is 6.92 Å². The van der Waals surface area contributed by atoms with Crippen LogP contribution < -0.4 is 5.32 Å². The van der Waals surface area contributed by atoms with E-state index in [0.29, 0.717) is 6.61 Å². The SMILES string of the molecule is CCOC(=O)CNC(=O)CCO. The van der Waals surface area contributed by atoms with E-state index < -0.39 is 5.97 Å². The van der Waals surface area contributed by atoms with Gasteiger partial charge in [-0.1, -0.05) is 0 Å². The quantitative estimate of drug-likeness (QED) is 0.528. The van der Waals surface area contributed by atoms with Crippen molar-refractivity contribution in [2.24, 2.45) is 0 Å². The Morgan fingerprint density at radius 1 is 1.50 bits per heavy atom. The van der Waals surface area contributed by atoms with Gasteiger partial charge in [0.1, 0.15) is 6.54 Å². The van der Waals surface area contributed by atoms with E-state index in [-0.39, 0.29) is 25.5 Å². The van der Waals surface area contributed by atoms with E-state index in [4.69, 9.17) is 5.11 Å². The minimum absolute atomic E-state index is 0.0133. The van der Waals surface area contributed by atoms with E-state index in [1.807, 2.05) is 0 Å². The topological polar surface area (TPSA) is 75.6 Å². The van der Waals surface area contributed by atoms with Crippen LogP contribution in [0.5, 0.6) is 0 Å². The van der Waals surface area contributed by atoms with Crippen LogP contribution in [0.3, 0.4) is 0 Å². The smallest absolute Gasteiger partial charge is 0.325 e. The molecule has 0 aliphatic rings. The predicted octanol–water partition coefficient (Wildman–Crippen LogP) is -0.952. The average Bonchev–Trinajstić information content (AvgIpc) is 2.02. The number of aliphatic hydroxyl groups excluding tert-OH is 1. The number of esters is 1. The summed E-state index contributed by atoms with van der Waals surface area (Å²) in [6, 6.07) is 0. The number of nitrogens with one attached hydrogen (secondary N) is 1. The summed E-state index contributed by atoms with van der Waals surface area (Å²) in [5.74, 6) is -0.825. The fraction of sp³-hybridized carbons (Fsp3) is 0.714. The van der Waals surface area contributed by atoms with Crippen molar-refractivity contribution in [3.05, 3.63) is 0 Å². The van der Waals surface area contributed by atoms with Crippen molar-refractivity contribution in [2.75, 3.05) is 19.8 Å². The van der Waals surface area contributed by atoms with Crippen molar-refractivity contribution in [1.82, 2.24) is 5.32 Å². The number of carbonyl (C=O) groups excluding carboxylic acids is 2. The molecule has 0 fully saturated rings. The summed E-state index contributed by atoms with van der Waals surface area (Å²) in [5, 5.41) is 10.6. The van der Waals surface area contributed by atoms with Crippen LogP contribution in [0, 0.1) is 0 Å². The zero-order valence-electron chi connectivity index (χ0n) is 7.00. The van der Waals surface area contributed by atoms with Crippen LogP contribution in [-0.4, -0.2) is 36.7 Å². The van der Waals surface area contributed by atoms with E-state index in [9.17, 15) is 9.59 Å². The van der Waals surface area contributed by atoms with Gasteiger partial charge in [0.25, 0.3) is 0 Å². The van der Waals surface area contributed by atoms with Gasteiger partial charge in [-0.05, 0) is 6.92 Å². The monoisotopic (exact) mass is 175 g/mol. The largest absolute Gasteiger partial charge is 0.465 e. The minimum atomic E-state index is -0.469. The Morgan fingerprint density at radius 3 is 2.67 bits per heavy atom. The Kier molecular flexibility index (Phi) is 6.00. The van der Waals surface area contributed by atoms with Gasteiger partial charge in [-0.2, -0.15) is 0 Å². The molecule has 0 atom stereocenters. The first-order valence-corrected chi connectivity index (χ1v) is 3.74. The molecular formula is C7H13NO4. The molecule has 0 unspecified atom stereocenters. The maximum atomic E-state index is 10.7. The highest BCUT2D eigenvalue weighted by Gasteiger charge is 2.04. The average molecular weight is 175 g/mol. The molecule has 0 aromatic heterocycles. The van der Waals surface area contributed by atoms with E-state index >= 15 is 0 Å². The number of carbonyl (C=O) groups is 2. The van der Waals surface area contributed by atoms with Crippen LogP contribution >= 0.6 is 0 Å². The van der Waals surface area contributed by atoms with E-state index in [2.05, 4.69) is 10.1 Å². The molecule has 70 valence electrons. The van der Waals surface area contributed by atoms with E-state index in [1.165, 1.54) is 0 Å². The van der Waals surface area contributed by atoms with Gasteiger partial charge in [0, 0.05) is 6.42 Å². The zero-order valence-corrected chi connectivity index (χ0v) is 7.00. The van der Waals surface area contributed by atoms with Crippen LogP contribution in [0.2, 0.25) is 0 Å². The highest BCUT2D eigenvalue weighted by atomic mass is 16.5. The van der Waals surface area contributed by atoms with Gasteiger partial charge < -0.3 is 15.2 Å². The highest BCUT2D eigenvalue weighted by Crippen LogP contribution is 1.78. The second-order valence-electron chi connectivity index (χ2n) is 2.06. The maximum absolute atomic E-state index is 10.7. The van der Waals surface area contributed by atoms with Gasteiger partial charge in [0.05, 0.1) is 13.2 Å². The normalized spacial score (nSPS) is 9.17. The molecule has 1 amide bonds. The molecule has 0 aliphatic heterocycles. The van der Waals surface area contributed by atoms with Crippen molar-refractivity contribution in [2.45, 2.75) is 13.3 Å². The van der Waals surface area contributed by atoms with E-state index in [0.717, 1.165) is 0 Å². The van der Waals surface area contributed by atoms with Gasteiger partial charge in [-0.25, -0.2) is 0 Å². The Morgan fingerprint density at radius 2 is 2.17 bits per heavy atom. The summed E-state index contributed by atoms with van der Waals surface area (Å²) in [4.78, 5) is 21.3. The first-order chi connectivity index (χ1) is 5.70. The second kappa shape index (κ2) is 6.60. The summed E-state index contributed by atoms with van der Waals surface area (Å²) in [7, 11) is 0. The van der Waals surface area contributed by atoms with Gasteiger partial charge in [-0.3, -0.25) is 9.59 Å². The summed E-state index contributed by atoms with van der Waals surface area (Å²) in [6.07, 6.45) is 0.0133. The van der Waals surface area contributed by atoms with Gasteiger partial charge in [0.2, 0.25) is 5.91 Å². The molecule has 5 heteroatoms. The van der Waals surface area contributed by atoms with Crippen molar-refractivity contribution in [3.8, 4) is 0 Å². The molecule has 0 aromatic rings. The molecule has 0 radical (unpaired) electrons. The molecule has 0 heterocycles. The summed E-state index contributed by atoms with van der Waals surface area (Å²) in [5.41, 5.74) is 0. The summed E-state index contributed by atoms with van der Waals surface area (Å²) < 4.78 is 4.55. The lowest BCUT2D eigenvalue weighted by atomic mass is 10.4. The zero-order chi connectivity index (χ0) is 9.40. The van der Waals surface area contributed by atoms with Crippen LogP contribution in [0.1, 0.15) is 13.3 Å². The Hall–Kier alpha value is -1.10. The van der Waals surface area contributed by atoms with Crippen molar-refractivity contribution in [1.29, 1.82) is 0 Å². The molecule has 12 heavy (non-hydrogen) atoms. The Labute approximate surface area is 70.7 Å². The molecule has 0 saturated heterocycles. The van der Waals surface area contributed by atoms with Gasteiger partial charge in [-0.15, -0.1) is 0 Å². The fourth-order valence-corrected chi connectivity index (χ4v) is 0.573. The molecule has 0 rings (SSSR count). The van der Waals surface area contributed by atoms with Crippen molar-refractivity contribution >= 4 is 11.9 Å². The molecule has 5 nitrogen and oxygen atoms in total. The lowest BCUT2D eigenvalue weighted by molar-refractivity contribution is -0.143. The lowest BCUT2D eigenvalue weighted by Gasteiger charge is -2.02. The fourth-order valence-electron chi connectivity index (χ4n) is 0.573. The third-order valence-electron chi connectivity index (χ3n) is 1.07. The van der Waals surface area contributed by atoms with Crippen LogP contribution in [0.25, 0.3) is 0 Å². The number of amides is 1. The Bertz CT molecular complexity index is 139. The number of ether oxygens (including phenoxy) is 1. The molecule has 0 bridgehead atoms. The van der Waals surface area contributed by atoms with Crippen molar-refractivity contribution < 1.29 is 19.4 Å². The second-order valence-corrected chi connectivity index (χ2v) is 2.06. The molecule has 0 spiro atoms. The maximum Gasteiger partial charge on any atom is 0.325 e. The van der Waals surface area contributed by atoms with Gasteiger partial charge >= 0.3 is 5.97 Å². The van der Waals surface area contributed by atoms with Crippen LogP contribution in [0.4, 0.5) is 0 Å². The first kappa shape index (κ1) is 10.9. The summed E-state index contributed by atoms with van der Waals surface area (Å²) >= 11 is 0. The molecular weight excluding hydrogens is 162 g/mol. The molecule has 0 saturated carbocycles. The van der Waals surface area contributed by atoms with Crippen LogP contribution in [-0.2, 0) is 14.3 Å². The number of rotatable bonds is 5. The Balaban J connectivity index is 3.40. The molecule has 2 N–H and O–H groups in total. The molecule has 0 aliphatic carbocycles. The third-order valence-corrected chi connectivity index (χ3v) is 1.07. The summed E-state index contributed by atoms with van der Waals surface area (Å²) in [6.45, 7) is 1.64. The number of aliphatic hydroxyl groups is 1. The predicted molar refractivity (Wildman–Crippen MR) is 41.3 cm³/mol. The number of hydrogen-bond donors (Lipinski definition) is 2. The van der Waals surface area contributed by atoms with Gasteiger partial charge in [0.15, 0.2) is 0 Å². The number of hydrogen-bond acceptors (Lipinski definition) is 4. The third kappa shape index (κ3) is 5.67. The standard InChI is InChI=1S/C7H13NO4/c1-2-12-7(11)5-8-6(10)3-4-9/h9H,2-5H2,1H3,(H,8,10). The lowest BCUT2D eigenvalue weighted by Crippen LogP contribution is -2.30. The van der Waals surface area contributed by atoms with Crippen molar-refractivity contribution in [3.63, 3.8) is 0 Å². The minimum Gasteiger partial charge on any atom is -0.465 e. The molecule has 0 aromatic carbocycles. The van der Waals surface area contributed by atoms with Crippen LogP contribution in [0.15, 0.2) is 0 Å². The first-order valence-electron chi connectivity index (χ1n) is 3.74. The highest BCUT2D eigenvalue weighted by molar-refractivity contribution is 5.81.